The fraction of sp³-hybridized carbons (Fsp3) is 0.158. The third-order valence-electron chi connectivity index (χ3n) is 3.70. The topological polar surface area (TPSA) is 93.8 Å². The SMILES string of the molecule is CNC(=O)OCc1nc(-c2ccc(OC)cc2)c(-c2ccc(O)cc2)o1. The van der Waals surface area contributed by atoms with Gasteiger partial charge in [0, 0.05) is 18.2 Å². The monoisotopic (exact) mass is 354 g/mol. The first kappa shape index (κ1) is 17.3. The largest absolute Gasteiger partial charge is 0.508 e. The Morgan fingerprint density at radius 3 is 2.38 bits per heavy atom. The van der Waals surface area contributed by atoms with Gasteiger partial charge in [-0.3, -0.25) is 0 Å². The number of hydrogen-bond donors (Lipinski definition) is 2. The summed E-state index contributed by atoms with van der Waals surface area (Å²) in [6.07, 6.45) is -0.569. The number of aromatic hydroxyl groups is 1. The lowest BCUT2D eigenvalue weighted by Crippen LogP contribution is -2.18. The van der Waals surface area contributed by atoms with Crippen molar-refractivity contribution in [1.82, 2.24) is 10.3 Å². The zero-order chi connectivity index (χ0) is 18.5. The van der Waals surface area contributed by atoms with E-state index in [1.54, 1.807) is 31.4 Å². The average Bonchev–Trinajstić information content (AvgIpc) is 3.11. The van der Waals surface area contributed by atoms with E-state index >= 15 is 0 Å². The van der Waals surface area contributed by atoms with Gasteiger partial charge < -0.3 is 24.3 Å². The molecule has 0 aliphatic heterocycles. The van der Waals surface area contributed by atoms with Crippen molar-refractivity contribution in [3.8, 4) is 34.1 Å². The van der Waals surface area contributed by atoms with Crippen LogP contribution in [0.5, 0.6) is 11.5 Å². The number of oxazole rings is 1. The van der Waals surface area contributed by atoms with Gasteiger partial charge in [-0.1, -0.05) is 0 Å². The van der Waals surface area contributed by atoms with Crippen LogP contribution in [-0.4, -0.2) is 30.3 Å². The van der Waals surface area contributed by atoms with Crippen molar-refractivity contribution >= 4 is 6.09 Å². The number of nitrogens with zero attached hydrogens (tertiary/aromatic N) is 1. The van der Waals surface area contributed by atoms with Gasteiger partial charge in [0.15, 0.2) is 12.4 Å². The maximum atomic E-state index is 11.3. The Morgan fingerprint density at radius 2 is 1.77 bits per heavy atom. The number of hydrogen-bond acceptors (Lipinski definition) is 6. The van der Waals surface area contributed by atoms with Crippen molar-refractivity contribution in [1.29, 1.82) is 0 Å². The van der Waals surface area contributed by atoms with Gasteiger partial charge in [-0.2, -0.15) is 0 Å². The molecule has 26 heavy (non-hydrogen) atoms. The molecule has 2 aromatic carbocycles. The highest BCUT2D eigenvalue weighted by Gasteiger charge is 2.18. The van der Waals surface area contributed by atoms with Gasteiger partial charge in [-0.25, -0.2) is 9.78 Å². The maximum Gasteiger partial charge on any atom is 0.407 e. The van der Waals surface area contributed by atoms with E-state index in [0.717, 1.165) is 16.9 Å². The molecule has 0 radical (unpaired) electrons. The molecule has 0 aliphatic carbocycles. The Balaban J connectivity index is 2.00. The first-order chi connectivity index (χ1) is 12.6. The molecule has 3 rings (SSSR count). The molecule has 0 saturated heterocycles. The van der Waals surface area contributed by atoms with Crippen LogP contribution in [0.1, 0.15) is 5.89 Å². The predicted octanol–water partition coefficient (Wildman–Crippen LogP) is 3.58. The van der Waals surface area contributed by atoms with E-state index in [9.17, 15) is 9.90 Å². The average molecular weight is 354 g/mol. The Bertz CT molecular complexity index is 885. The molecule has 1 aromatic heterocycles. The highest BCUT2D eigenvalue weighted by molar-refractivity contribution is 5.77. The van der Waals surface area contributed by atoms with E-state index in [1.165, 1.54) is 7.05 Å². The van der Waals surface area contributed by atoms with E-state index in [-0.39, 0.29) is 18.2 Å². The predicted molar refractivity (Wildman–Crippen MR) is 94.8 cm³/mol. The molecular formula is C19H18N2O5. The minimum atomic E-state index is -0.569. The fourth-order valence-electron chi connectivity index (χ4n) is 2.38. The van der Waals surface area contributed by atoms with Gasteiger partial charge in [0.2, 0.25) is 5.89 Å². The van der Waals surface area contributed by atoms with Crippen LogP contribution in [0.4, 0.5) is 4.79 Å². The van der Waals surface area contributed by atoms with E-state index in [1.807, 2.05) is 24.3 Å². The van der Waals surface area contributed by atoms with Gasteiger partial charge in [0.05, 0.1) is 7.11 Å². The number of nitrogens with one attached hydrogen (secondary N) is 1. The number of alkyl carbamates (subject to hydrolysis) is 1. The summed E-state index contributed by atoms with van der Waals surface area (Å²) in [5.41, 5.74) is 2.17. The summed E-state index contributed by atoms with van der Waals surface area (Å²) in [7, 11) is 3.07. The van der Waals surface area contributed by atoms with Crippen LogP contribution in [0.25, 0.3) is 22.6 Å². The highest BCUT2D eigenvalue weighted by Crippen LogP contribution is 2.34. The summed E-state index contributed by atoms with van der Waals surface area (Å²) in [5, 5.41) is 11.9. The number of aromatic nitrogens is 1. The van der Waals surface area contributed by atoms with Crippen LogP contribution >= 0.6 is 0 Å². The Kier molecular flexibility index (Phi) is 5.07. The summed E-state index contributed by atoms with van der Waals surface area (Å²) in [6, 6.07) is 14.0. The summed E-state index contributed by atoms with van der Waals surface area (Å²) in [6.45, 7) is -0.0963. The van der Waals surface area contributed by atoms with Gasteiger partial charge in [-0.05, 0) is 48.5 Å². The summed E-state index contributed by atoms with van der Waals surface area (Å²) < 4.78 is 16.0. The number of phenolic OH excluding ortho intramolecular Hbond substituents is 1. The number of rotatable bonds is 5. The second-order valence-corrected chi connectivity index (χ2v) is 5.39. The zero-order valence-corrected chi connectivity index (χ0v) is 14.4. The number of amides is 1. The molecule has 1 amide bonds. The van der Waals surface area contributed by atoms with E-state index in [2.05, 4.69) is 10.3 Å². The number of carbonyl (C=O) groups is 1. The number of methoxy groups -OCH3 is 1. The number of benzene rings is 2. The Morgan fingerprint density at radius 1 is 1.12 bits per heavy atom. The molecule has 3 aromatic rings. The second-order valence-electron chi connectivity index (χ2n) is 5.39. The van der Waals surface area contributed by atoms with Gasteiger partial charge >= 0.3 is 6.09 Å². The quantitative estimate of drug-likeness (QED) is 0.727. The molecular weight excluding hydrogens is 336 g/mol. The fourth-order valence-corrected chi connectivity index (χ4v) is 2.38. The third kappa shape index (κ3) is 3.77. The van der Waals surface area contributed by atoms with E-state index in [4.69, 9.17) is 13.9 Å². The standard InChI is InChI=1S/C19H18N2O5/c1-20-19(23)25-11-16-21-17(12-5-9-15(24-2)10-6-12)18(26-16)13-3-7-14(22)8-4-13/h3-10,22H,11H2,1-2H3,(H,20,23). The summed E-state index contributed by atoms with van der Waals surface area (Å²) >= 11 is 0. The van der Waals surface area contributed by atoms with Crippen molar-refractivity contribution in [2.45, 2.75) is 6.61 Å². The van der Waals surface area contributed by atoms with Crippen molar-refractivity contribution in [2.24, 2.45) is 0 Å². The van der Waals surface area contributed by atoms with E-state index in [0.29, 0.717) is 11.5 Å². The molecule has 0 fully saturated rings. The molecule has 7 heteroatoms. The molecule has 0 saturated carbocycles. The van der Waals surface area contributed by atoms with Crippen LogP contribution < -0.4 is 10.1 Å². The summed E-state index contributed by atoms with van der Waals surface area (Å²) in [4.78, 5) is 15.7. The van der Waals surface area contributed by atoms with Crippen LogP contribution in [0.15, 0.2) is 52.9 Å². The van der Waals surface area contributed by atoms with Crippen LogP contribution in [-0.2, 0) is 11.3 Å². The van der Waals surface area contributed by atoms with Crippen molar-refractivity contribution < 1.29 is 23.8 Å². The molecule has 0 spiro atoms. The first-order valence-electron chi connectivity index (χ1n) is 7.88. The molecule has 0 unspecified atom stereocenters. The Labute approximate surface area is 150 Å². The van der Waals surface area contributed by atoms with E-state index < -0.39 is 6.09 Å². The molecule has 2 N–H and O–H groups in total. The van der Waals surface area contributed by atoms with Crippen molar-refractivity contribution in [3.63, 3.8) is 0 Å². The van der Waals surface area contributed by atoms with Crippen molar-refractivity contribution in [2.75, 3.05) is 14.2 Å². The summed E-state index contributed by atoms with van der Waals surface area (Å²) in [5.74, 6) is 1.67. The third-order valence-corrected chi connectivity index (χ3v) is 3.70. The van der Waals surface area contributed by atoms with Crippen molar-refractivity contribution in [3.05, 3.63) is 54.4 Å². The number of phenols is 1. The lowest BCUT2D eigenvalue weighted by Gasteiger charge is -2.03. The zero-order valence-electron chi connectivity index (χ0n) is 14.4. The van der Waals surface area contributed by atoms with Gasteiger partial charge in [0.25, 0.3) is 0 Å². The number of carbonyl (C=O) groups excluding carboxylic acids is 1. The normalized spacial score (nSPS) is 10.4. The second kappa shape index (κ2) is 7.60. The molecule has 0 atom stereocenters. The maximum absolute atomic E-state index is 11.3. The molecule has 134 valence electrons. The molecule has 7 nitrogen and oxygen atoms in total. The van der Waals surface area contributed by atoms with Crippen LogP contribution in [0.3, 0.4) is 0 Å². The highest BCUT2D eigenvalue weighted by atomic mass is 16.6. The van der Waals surface area contributed by atoms with Crippen LogP contribution in [0.2, 0.25) is 0 Å². The lowest BCUT2D eigenvalue weighted by atomic mass is 10.1. The smallest absolute Gasteiger partial charge is 0.407 e. The minimum absolute atomic E-state index is 0.0963. The number of ether oxygens (including phenoxy) is 2. The minimum Gasteiger partial charge on any atom is -0.508 e. The molecule has 0 aliphatic rings. The molecule has 0 bridgehead atoms. The first-order valence-corrected chi connectivity index (χ1v) is 7.88. The lowest BCUT2D eigenvalue weighted by molar-refractivity contribution is 0.131. The Hall–Kier alpha value is -3.48. The van der Waals surface area contributed by atoms with Crippen LogP contribution in [0, 0.1) is 0 Å². The molecule has 1 heterocycles. The van der Waals surface area contributed by atoms with Gasteiger partial charge in [-0.15, -0.1) is 0 Å². The van der Waals surface area contributed by atoms with Gasteiger partial charge in [0.1, 0.15) is 17.2 Å².